The van der Waals surface area contributed by atoms with Crippen LogP contribution in [0.4, 0.5) is 5.69 Å². The Balaban J connectivity index is 2.17. The minimum absolute atomic E-state index is 0.0101. The molecule has 2 amide bonds. The number of hydrogen-bond acceptors (Lipinski definition) is 2. The summed E-state index contributed by atoms with van der Waals surface area (Å²) in [5.74, 6) is -0.360. The largest absolute Gasteiger partial charge is 0.350 e. The summed E-state index contributed by atoms with van der Waals surface area (Å²) in [5.41, 5.74) is 3.84. The summed E-state index contributed by atoms with van der Waals surface area (Å²) < 4.78 is 0. The van der Waals surface area contributed by atoms with Crippen molar-refractivity contribution < 1.29 is 9.59 Å². The Morgan fingerprint density at radius 1 is 0.962 bits per heavy atom. The van der Waals surface area contributed by atoms with Crippen molar-refractivity contribution in [1.82, 2.24) is 5.32 Å². The number of para-hydroxylation sites is 1. The molecule has 1 N–H and O–H groups in total. The van der Waals surface area contributed by atoms with E-state index >= 15 is 0 Å². The molecule has 0 fully saturated rings. The van der Waals surface area contributed by atoms with Gasteiger partial charge in [0.25, 0.3) is 0 Å². The van der Waals surface area contributed by atoms with Gasteiger partial charge in [-0.05, 0) is 35.6 Å². The van der Waals surface area contributed by atoms with Gasteiger partial charge in [-0.2, -0.15) is 0 Å². The van der Waals surface area contributed by atoms with Gasteiger partial charge in [0, 0.05) is 18.5 Å². The first-order chi connectivity index (χ1) is 12.5. The van der Waals surface area contributed by atoms with E-state index < -0.39 is 0 Å². The van der Waals surface area contributed by atoms with Crippen LogP contribution in [0.15, 0.2) is 42.5 Å². The van der Waals surface area contributed by atoms with E-state index in [1.165, 1.54) is 6.92 Å². The molecular weight excluding hydrogens is 348 g/mol. The maximum Gasteiger partial charge on any atom is 0.240 e. The number of benzene rings is 2. The zero-order chi connectivity index (χ0) is 19.1. The van der Waals surface area contributed by atoms with Crippen LogP contribution < -0.4 is 10.2 Å². The Kier molecular flexibility index (Phi) is 7.22. The molecule has 0 unspecified atom stereocenters. The first kappa shape index (κ1) is 20.0. The highest BCUT2D eigenvalue weighted by Gasteiger charge is 2.20. The molecule has 0 aliphatic carbocycles. The summed E-state index contributed by atoms with van der Waals surface area (Å²) in [7, 11) is 0. The van der Waals surface area contributed by atoms with Crippen LogP contribution in [0.5, 0.6) is 0 Å². The molecule has 0 aliphatic heterocycles. The fourth-order valence-corrected chi connectivity index (χ4v) is 3.15. The van der Waals surface area contributed by atoms with Crippen LogP contribution in [0, 0.1) is 0 Å². The van der Waals surface area contributed by atoms with E-state index in [4.69, 9.17) is 11.6 Å². The van der Waals surface area contributed by atoms with E-state index in [0.29, 0.717) is 11.6 Å². The highest BCUT2D eigenvalue weighted by atomic mass is 35.5. The van der Waals surface area contributed by atoms with Gasteiger partial charge in [-0.1, -0.05) is 61.8 Å². The van der Waals surface area contributed by atoms with E-state index in [1.807, 2.05) is 50.2 Å². The standard InChI is InChI=1S/C21H25ClN2O2/c1-4-16-10-8-11-17(5-2)21(16)24(15(3)25)14-20(26)23-13-18-9-6-7-12-19(18)22/h6-12H,4-5,13-14H2,1-3H3,(H,23,26). The Hall–Kier alpha value is -2.33. The average molecular weight is 373 g/mol. The van der Waals surface area contributed by atoms with Crippen molar-refractivity contribution in [2.45, 2.75) is 40.2 Å². The smallest absolute Gasteiger partial charge is 0.240 e. The number of nitrogens with zero attached hydrogens (tertiary/aromatic N) is 1. The van der Waals surface area contributed by atoms with Gasteiger partial charge in [-0.3, -0.25) is 9.59 Å². The molecule has 2 aromatic rings. The number of anilines is 1. The van der Waals surface area contributed by atoms with Gasteiger partial charge in [0.1, 0.15) is 6.54 Å². The first-order valence-electron chi connectivity index (χ1n) is 8.86. The Labute approximate surface area is 160 Å². The van der Waals surface area contributed by atoms with Crippen molar-refractivity contribution in [1.29, 1.82) is 0 Å². The summed E-state index contributed by atoms with van der Waals surface area (Å²) in [4.78, 5) is 26.3. The van der Waals surface area contributed by atoms with Crippen LogP contribution in [0.25, 0.3) is 0 Å². The molecule has 2 rings (SSSR count). The van der Waals surface area contributed by atoms with Gasteiger partial charge in [-0.25, -0.2) is 0 Å². The molecule has 2 aromatic carbocycles. The minimum atomic E-state index is -0.215. The maximum absolute atomic E-state index is 12.5. The molecule has 138 valence electrons. The first-order valence-corrected chi connectivity index (χ1v) is 9.24. The molecule has 26 heavy (non-hydrogen) atoms. The lowest BCUT2D eigenvalue weighted by Crippen LogP contribution is -2.40. The quantitative estimate of drug-likeness (QED) is 0.794. The topological polar surface area (TPSA) is 49.4 Å². The highest BCUT2D eigenvalue weighted by Crippen LogP contribution is 2.27. The van der Waals surface area contributed by atoms with Gasteiger partial charge in [-0.15, -0.1) is 0 Å². The fourth-order valence-electron chi connectivity index (χ4n) is 2.94. The second-order valence-corrected chi connectivity index (χ2v) is 6.51. The predicted molar refractivity (Wildman–Crippen MR) is 107 cm³/mol. The molecule has 0 saturated heterocycles. The summed E-state index contributed by atoms with van der Waals surface area (Å²) in [6.45, 7) is 5.92. The van der Waals surface area contributed by atoms with Crippen molar-refractivity contribution in [3.8, 4) is 0 Å². The van der Waals surface area contributed by atoms with Gasteiger partial charge in [0.05, 0.1) is 5.69 Å². The molecule has 0 radical (unpaired) electrons. The van der Waals surface area contributed by atoms with Crippen LogP contribution in [-0.4, -0.2) is 18.4 Å². The van der Waals surface area contributed by atoms with Crippen molar-refractivity contribution >= 4 is 29.1 Å². The molecule has 0 heterocycles. The number of carbonyl (C=O) groups excluding carboxylic acids is 2. The van der Waals surface area contributed by atoms with Crippen molar-refractivity contribution in [3.63, 3.8) is 0 Å². The van der Waals surface area contributed by atoms with E-state index in [2.05, 4.69) is 5.32 Å². The summed E-state index contributed by atoms with van der Waals surface area (Å²) >= 11 is 6.12. The Morgan fingerprint density at radius 2 is 1.54 bits per heavy atom. The predicted octanol–water partition coefficient (Wildman–Crippen LogP) is 4.13. The lowest BCUT2D eigenvalue weighted by molar-refractivity contribution is -0.123. The average Bonchev–Trinajstić information content (AvgIpc) is 2.64. The van der Waals surface area contributed by atoms with E-state index in [1.54, 1.807) is 11.0 Å². The molecule has 0 spiro atoms. The third kappa shape index (κ3) is 4.85. The second kappa shape index (κ2) is 9.39. The molecule has 0 bridgehead atoms. The molecule has 0 atom stereocenters. The zero-order valence-electron chi connectivity index (χ0n) is 15.5. The number of nitrogens with one attached hydrogen (secondary N) is 1. The van der Waals surface area contributed by atoms with Crippen LogP contribution in [0.1, 0.15) is 37.5 Å². The lowest BCUT2D eigenvalue weighted by Gasteiger charge is -2.26. The number of rotatable bonds is 7. The van der Waals surface area contributed by atoms with Crippen LogP contribution in [0.3, 0.4) is 0 Å². The number of carbonyl (C=O) groups is 2. The molecular formula is C21H25ClN2O2. The molecule has 0 saturated carbocycles. The number of halogens is 1. The Morgan fingerprint density at radius 3 is 2.08 bits per heavy atom. The highest BCUT2D eigenvalue weighted by molar-refractivity contribution is 6.31. The van der Waals surface area contributed by atoms with Crippen molar-refractivity contribution in [2.75, 3.05) is 11.4 Å². The van der Waals surface area contributed by atoms with E-state index in [0.717, 1.165) is 35.2 Å². The summed E-state index contributed by atoms with van der Waals surface area (Å²) in [6.07, 6.45) is 1.60. The zero-order valence-corrected chi connectivity index (χ0v) is 16.3. The number of aryl methyl sites for hydroxylation is 2. The SMILES string of the molecule is CCc1cccc(CC)c1N(CC(=O)NCc1ccccc1Cl)C(C)=O. The lowest BCUT2D eigenvalue weighted by atomic mass is 10.0. The van der Waals surface area contributed by atoms with Crippen molar-refractivity contribution in [2.24, 2.45) is 0 Å². The van der Waals surface area contributed by atoms with Gasteiger partial charge in [0.15, 0.2) is 0 Å². The van der Waals surface area contributed by atoms with E-state index in [-0.39, 0.29) is 18.4 Å². The van der Waals surface area contributed by atoms with Crippen LogP contribution in [0.2, 0.25) is 5.02 Å². The van der Waals surface area contributed by atoms with Crippen LogP contribution in [-0.2, 0) is 29.0 Å². The normalized spacial score (nSPS) is 10.5. The molecule has 0 aliphatic rings. The van der Waals surface area contributed by atoms with Gasteiger partial charge < -0.3 is 10.2 Å². The van der Waals surface area contributed by atoms with E-state index in [9.17, 15) is 9.59 Å². The Bertz CT molecular complexity index is 767. The molecule has 4 nitrogen and oxygen atoms in total. The van der Waals surface area contributed by atoms with Crippen molar-refractivity contribution in [3.05, 3.63) is 64.2 Å². The second-order valence-electron chi connectivity index (χ2n) is 6.11. The van der Waals surface area contributed by atoms with Gasteiger partial charge in [0.2, 0.25) is 11.8 Å². The fraction of sp³-hybridized carbons (Fsp3) is 0.333. The minimum Gasteiger partial charge on any atom is -0.350 e. The van der Waals surface area contributed by atoms with Gasteiger partial charge >= 0.3 is 0 Å². The third-order valence-electron chi connectivity index (χ3n) is 4.35. The number of hydrogen-bond donors (Lipinski definition) is 1. The number of amides is 2. The summed E-state index contributed by atoms with van der Waals surface area (Å²) in [6, 6.07) is 13.4. The monoisotopic (exact) mass is 372 g/mol. The maximum atomic E-state index is 12.5. The van der Waals surface area contributed by atoms with Crippen LogP contribution >= 0.6 is 11.6 Å². The third-order valence-corrected chi connectivity index (χ3v) is 4.72. The molecule has 0 aromatic heterocycles. The molecule has 5 heteroatoms. The summed E-state index contributed by atoms with van der Waals surface area (Å²) in [5, 5.41) is 3.46.